The molecule has 1 aromatic carbocycles. The predicted molar refractivity (Wildman–Crippen MR) is 91.8 cm³/mol. The number of fused-ring (bicyclic) bond motifs is 1. The van der Waals surface area contributed by atoms with Crippen LogP contribution in [0.25, 0.3) is 11.3 Å². The van der Waals surface area contributed by atoms with Gasteiger partial charge in [-0.3, -0.25) is 5.32 Å². The van der Waals surface area contributed by atoms with E-state index in [2.05, 4.69) is 30.9 Å². The average Bonchev–Trinajstić information content (AvgIpc) is 3.11. The summed E-state index contributed by atoms with van der Waals surface area (Å²) in [5, 5.41) is 18.0. The Morgan fingerprint density at radius 2 is 2.00 bits per heavy atom. The highest BCUT2D eigenvalue weighted by Gasteiger charge is 2.21. The van der Waals surface area contributed by atoms with E-state index in [0.29, 0.717) is 12.4 Å². The summed E-state index contributed by atoms with van der Waals surface area (Å²) >= 11 is 0. The van der Waals surface area contributed by atoms with Crippen molar-refractivity contribution in [3.63, 3.8) is 0 Å². The Kier molecular flexibility index (Phi) is 4.07. The van der Waals surface area contributed by atoms with Crippen molar-refractivity contribution < 1.29 is 4.79 Å². The Morgan fingerprint density at radius 1 is 1.12 bits per heavy atom. The van der Waals surface area contributed by atoms with E-state index >= 15 is 0 Å². The van der Waals surface area contributed by atoms with Gasteiger partial charge in [-0.05, 0) is 18.6 Å². The molecule has 0 saturated carbocycles. The first-order valence-corrected chi connectivity index (χ1v) is 8.11. The van der Waals surface area contributed by atoms with Gasteiger partial charge in [0.1, 0.15) is 12.2 Å². The van der Waals surface area contributed by atoms with Crippen LogP contribution in [0.1, 0.15) is 12.2 Å². The first-order chi connectivity index (χ1) is 12.3. The molecular weight excluding hydrogens is 318 g/mol. The van der Waals surface area contributed by atoms with Crippen molar-refractivity contribution in [2.24, 2.45) is 0 Å². The summed E-state index contributed by atoms with van der Waals surface area (Å²) in [7, 11) is 0. The third-order valence-electron chi connectivity index (χ3n) is 4.12. The number of benzene rings is 1. The lowest BCUT2D eigenvalue weighted by molar-refractivity contribution is 0.243. The smallest absolute Gasteiger partial charge is 0.320 e. The van der Waals surface area contributed by atoms with Crippen LogP contribution in [0.5, 0.6) is 0 Å². The third kappa shape index (κ3) is 3.47. The SMILES string of the molecule is O=C(Nc1ccc(-c2ccccc2)nn1)N[C@@H]1CCc2ncnn2C1. The van der Waals surface area contributed by atoms with Crippen LogP contribution in [0.4, 0.5) is 10.6 Å². The van der Waals surface area contributed by atoms with Gasteiger partial charge >= 0.3 is 6.03 Å². The van der Waals surface area contributed by atoms with Gasteiger partial charge < -0.3 is 5.32 Å². The number of hydrogen-bond acceptors (Lipinski definition) is 5. The predicted octanol–water partition coefficient (Wildman–Crippen LogP) is 1.87. The van der Waals surface area contributed by atoms with Crippen molar-refractivity contribution in [2.45, 2.75) is 25.4 Å². The van der Waals surface area contributed by atoms with E-state index in [1.807, 2.05) is 41.1 Å². The molecule has 3 heterocycles. The highest BCUT2D eigenvalue weighted by Crippen LogP contribution is 2.16. The second-order valence-corrected chi connectivity index (χ2v) is 5.86. The zero-order chi connectivity index (χ0) is 17.1. The molecule has 8 heteroatoms. The molecular formula is C17H17N7O. The van der Waals surface area contributed by atoms with Crippen molar-refractivity contribution in [3.05, 3.63) is 54.6 Å². The maximum absolute atomic E-state index is 12.2. The van der Waals surface area contributed by atoms with E-state index in [4.69, 9.17) is 0 Å². The summed E-state index contributed by atoms with van der Waals surface area (Å²) in [6, 6.07) is 13.1. The number of rotatable bonds is 3. The van der Waals surface area contributed by atoms with Gasteiger partial charge in [-0.15, -0.1) is 10.2 Å². The number of nitrogens with zero attached hydrogens (tertiary/aromatic N) is 5. The lowest BCUT2D eigenvalue weighted by atomic mass is 10.1. The highest BCUT2D eigenvalue weighted by molar-refractivity contribution is 5.88. The number of hydrogen-bond donors (Lipinski definition) is 2. The largest absolute Gasteiger partial charge is 0.333 e. The minimum Gasteiger partial charge on any atom is -0.333 e. The Hall–Kier alpha value is -3.29. The molecule has 1 aliphatic rings. The van der Waals surface area contributed by atoms with Gasteiger partial charge in [0.05, 0.1) is 18.3 Å². The molecule has 8 nitrogen and oxygen atoms in total. The molecule has 0 unspecified atom stereocenters. The van der Waals surface area contributed by atoms with Crippen LogP contribution in [0.2, 0.25) is 0 Å². The monoisotopic (exact) mass is 335 g/mol. The fraction of sp³-hybridized carbons (Fsp3) is 0.235. The molecule has 4 rings (SSSR count). The van der Waals surface area contributed by atoms with Crippen molar-refractivity contribution in [2.75, 3.05) is 5.32 Å². The van der Waals surface area contributed by atoms with Crippen LogP contribution in [-0.2, 0) is 13.0 Å². The van der Waals surface area contributed by atoms with Gasteiger partial charge in [-0.2, -0.15) is 5.10 Å². The zero-order valence-electron chi connectivity index (χ0n) is 13.5. The molecule has 0 radical (unpaired) electrons. The number of aromatic nitrogens is 5. The molecule has 1 atom stereocenters. The van der Waals surface area contributed by atoms with Crippen molar-refractivity contribution >= 4 is 11.8 Å². The normalized spacial score (nSPS) is 16.1. The Labute approximate surface area is 144 Å². The minimum absolute atomic E-state index is 0.0192. The van der Waals surface area contributed by atoms with Crippen LogP contribution >= 0.6 is 0 Å². The first kappa shape index (κ1) is 15.3. The number of anilines is 1. The molecule has 126 valence electrons. The van der Waals surface area contributed by atoms with Gasteiger partial charge in [0, 0.05) is 12.0 Å². The lowest BCUT2D eigenvalue weighted by Gasteiger charge is -2.23. The average molecular weight is 335 g/mol. The van der Waals surface area contributed by atoms with Crippen LogP contribution in [0.3, 0.4) is 0 Å². The Bertz CT molecular complexity index is 860. The van der Waals surface area contributed by atoms with Crippen LogP contribution < -0.4 is 10.6 Å². The summed E-state index contributed by atoms with van der Waals surface area (Å²) in [5.41, 5.74) is 1.74. The van der Waals surface area contributed by atoms with Crippen LogP contribution in [0.15, 0.2) is 48.8 Å². The molecule has 1 aliphatic heterocycles. The molecule has 0 saturated heterocycles. The van der Waals surface area contributed by atoms with Gasteiger partial charge in [0.2, 0.25) is 0 Å². The summed E-state index contributed by atoms with van der Waals surface area (Å²) in [6.07, 6.45) is 3.18. The quantitative estimate of drug-likeness (QED) is 0.761. The number of urea groups is 1. The summed E-state index contributed by atoms with van der Waals surface area (Å²) in [4.78, 5) is 16.3. The van der Waals surface area contributed by atoms with E-state index in [1.54, 1.807) is 12.4 Å². The topological polar surface area (TPSA) is 97.6 Å². The van der Waals surface area contributed by atoms with Gasteiger partial charge in [0.15, 0.2) is 5.82 Å². The molecule has 25 heavy (non-hydrogen) atoms. The fourth-order valence-electron chi connectivity index (χ4n) is 2.86. The second-order valence-electron chi connectivity index (χ2n) is 5.86. The van der Waals surface area contributed by atoms with Crippen molar-refractivity contribution in [1.29, 1.82) is 0 Å². The third-order valence-corrected chi connectivity index (χ3v) is 4.12. The highest BCUT2D eigenvalue weighted by atomic mass is 16.2. The molecule has 0 aliphatic carbocycles. The number of carbonyl (C=O) groups excluding carboxylic acids is 1. The minimum atomic E-state index is -0.296. The molecule has 2 N–H and O–H groups in total. The van der Waals surface area contributed by atoms with E-state index in [9.17, 15) is 4.79 Å². The maximum Gasteiger partial charge on any atom is 0.320 e. The molecule has 3 aromatic rings. The van der Waals surface area contributed by atoms with Gasteiger partial charge in [-0.25, -0.2) is 14.5 Å². The number of carbonyl (C=O) groups is 1. The second kappa shape index (κ2) is 6.68. The Morgan fingerprint density at radius 3 is 2.80 bits per heavy atom. The standard InChI is InChI=1S/C17H17N7O/c25-17(20-13-6-9-16-18-11-19-24(16)10-13)21-15-8-7-14(22-23-15)12-4-2-1-3-5-12/h1-5,7-8,11,13H,6,9-10H2,(H2,20,21,23,25)/t13-/m1/s1. The van der Waals surface area contributed by atoms with E-state index in [-0.39, 0.29) is 12.1 Å². The maximum atomic E-state index is 12.2. The molecule has 2 amide bonds. The Balaban J connectivity index is 1.35. The summed E-state index contributed by atoms with van der Waals surface area (Å²) < 4.78 is 1.82. The van der Waals surface area contributed by atoms with Crippen molar-refractivity contribution in [1.82, 2.24) is 30.3 Å². The molecule has 0 bridgehead atoms. The van der Waals surface area contributed by atoms with Crippen molar-refractivity contribution in [3.8, 4) is 11.3 Å². The van der Waals surface area contributed by atoms with Crippen LogP contribution in [0, 0.1) is 0 Å². The molecule has 0 fully saturated rings. The van der Waals surface area contributed by atoms with Gasteiger partial charge in [-0.1, -0.05) is 30.3 Å². The lowest BCUT2D eigenvalue weighted by Crippen LogP contribution is -2.43. The zero-order valence-corrected chi connectivity index (χ0v) is 13.5. The molecule has 0 spiro atoms. The van der Waals surface area contributed by atoms with E-state index in [0.717, 1.165) is 29.9 Å². The number of nitrogens with one attached hydrogen (secondary N) is 2. The van der Waals surface area contributed by atoms with Crippen LogP contribution in [-0.4, -0.2) is 37.0 Å². The van der Waals surface area contributed by atoms with Gasteiger partial charge in [0.25, 0.3) is 0 Å². The number of aryl methyl sites for hydroxylation is 1. The van der Waals surface area contributed by atoms with E-state index in [1.165, 1.54) is 0 Å². The fourth-order valence-corrected chi connectivity index (χ4v) is 2.86. The number of amides is 2. The first-order valence-electron chi connectivity index (χ1n) is 8.11. The van der Waals surface area contributed by atoms with E-state index < -0.39 is 0 Å². The summed E-state index contributed by atoms with van der Waals surface area (Å²) in [6.45, 7) is 0.626. The molecule has 2 aromatic heterocycles. The summed E-state index contributed by atoms with van der Waals surface area (Å²) in [5.74, 6) is 1.37.